The summed E-state index contributed by atoms with van der Waals surface area (Å²) in [6.07, 6.45) is 0. The highest BCUT2D eigenvalue weighted by atomic mass is 19.1. The SMILES string of the molecule is CC(C)(C)N(Cc1ccccc1)C(=O)Cn1nc(-c2ccc(F)cc2)oc1=O. The molecule has 0 N–H and O–H groups in total. The van der Waals surface area contributed by atoms with Crippen LogP contribution < -0.4 is 5.76 Å². The summed E-state index contributed by atoms with van der Waals surface area (Å²) in [5, 5.41) is 4.09. The fourth-order valence-electron chi connectivity index (χ4n) is 2.79. The van der Waals surface area contributed by atoms with E-state index in [-0.39, 0.29) is 18.3 Å². The van der Waals surface area contributed by atoms with Crippen LogP contribution >= 0.6 is 0 Å². The summed E-state index contributed by atoms with van der Waals surface area (Å²) < 4.78 is 19.2. The second kappa shape index (κ2) is 7.80. The van der Waals surface area contributed by atoms with Gasteiger partial charge in [0.05, 0.1) is 0 Å². The predicted molar refractivity (Wildman–Crippen MR) is 103 cm³/mol. The minimum Gasteiger partial charge on any atom is -0.388 e. The normalized spacial score (nSPS) is 11.4. The third kappa shape index (κ3) is 4.54. The lowest BCUT2D eigenvalue weighted by Crippen LogP contribution is -2.47. The van der Waals surface area contributed by atoms with Crippen molar-refractivity contribution in [2.75, 3.05) is 0 Å². The highest BCUT2D eigenvalue weighted by Crippen LogP contribution is 2.19. The molecule has 0 spiro atoms. The Labute approximate surface area is 162 Å². The first kappa shape index (κ1) is 19.5. The van der Waals surface area contributed by atoms with Gasteiger partial charge in [-0.25, -0.2) is 9.18 Å². The Balaban J connectivity index is 1.82. The van der Waals surface area contributed by atoms with Gasteiger partial charge in [-0.05, 0) is 50.6 Å². The molecule has 0 saturated heterocycles. The van der Waals surface area contributed by atoms with Crippen molar-refractivity contribution in [2.45, 2.75) is 39.4 Å². The fraction of sp³-hybridized carbons (Fsp3) is 0.286. The molecule has 1 amide bonds. The Morgan fingerprint density at radius 3 is 2.36 bits per heavy atom. The summed E-state index contributed by atoms with van der Waals surface area (Å²) in [4.78, 5) is 26.8. The van der Waals surface area contributed by atoms with E-state index < -0.39 is 17.1 Å². The molecule has 7 heteroatoms. The highest BCUT2D eigenvalue weighted by molar-refractivity contribution is 5.76. The van der Waals surface area contributed by atoms with Crippen molar-refractivity contribution in [1.29, 1.82) is 0 Å². The zero-order chi connectivity index (χ0) is 20.3. The van der Waals surface area contributed by atoms with Crippen LogP contribution in [0, 0.1) is 5.82 Å². The first-order valence-corrected chi connectivity index (χ1v) is 8.92. The molecule has 6 nitrogen and oxygen atoms in total. The summed E-state index contributed by atoms with van der Waals surface area (Å²) in [5.41, 5.74) is 1.01. The van der Waals surface area contributed by atoms with Crippen molar-refractivity contribution in [2.24, 2.45) is 0 Å². The molecule has 0 radical (unpaired) electrons. The molecule has 0 saturated carbocycles. The van der Waals surface area contributed by atoms with Crippen LogP contribution in [0.4, 0.5) is 4.39 Å². The van der Waals surface area contributed by atoms with E-state index in [9.17, 15) is 14.0 Å². The number of hydrogen-bond acceptors (Lipinski definition) is 4. The summed E-state index contributed by atoms with van der Waals surface area (Å²) in [7, 11) is 0. The maximum Gasteiger partial charge on any atom is 0.437 e. The quantitative estimate of drug-likeness (QED) is 0.677. The van der Waals surface area contributed by atoms with Gasteiger partial charge in [0, 0.05) is 17.6 Å². The number of amides is 1. The molecule has 0 aliphatic carbocycles. The molecule has 3 rings (SSSR count). The third-order valence-electron chi connectivity index (χ3n) is 4.28. The smallest absolute Gasteiger partial charge is 0.388 e. The van der Waals surface area contributed by atoms with Gasteiger partial charge in [0.15, 0.2) is 0 Å². The average molecular weight is 383 g/mol. The van der Waals surface area contributed by atoms with Gasteiger partial charge in [-0.15, -0.1) is 5.10 Å². The van der Waals surface area contributed by atoms with Crippen LogP contribution in [0.15, 0.2) is 63.8 Å². The summed E-state index contributed by atoms with van der Waals surface area (Å²) >= 11 is 0. The topological polar surface area (TPSA) is 68.3 Å². The largest absolute Gasteiger partial charge is 0.437 e. The van der Waals surface area contributed by atoms with Gasteiger partial charge in [-0.1, -0.05) is 30.3 Å². The van der Waals surface area contributed by atoms with Crippen LogP contribution in [-0.2, 0) is 17.9 Å². The van der Waals surface area contributed by atoms with E-state index in [1.54, 1.807) is 4.90 Å². The van der Waals surface area contributed by atoms with Gasteiger partial charge in [-0.2, -0.15) is 4.68 Å². The second-order valence-corrected chi connectivity index (χ2v) is 7.47. The van der Waals surface area contributed by atoms with Crippen LogP contribution in [0.1, 0.15) is 26.3 Å². The van der Waals surface area contributed by atoms with Gasteiger partial charge in [-0.3, -0.25) is 4.79 Å². The van der Waals surface area contributed by atoms with Crippen LogP contribution in [0.5, 0.6) is 0 Å². The molecule has 1 aromatic heterocycles. The van der Waals surface area contributed by atoms with E-state index in [4.69, 9.17) is 4.42 Å². The van der Waals surface area contributed by atoms with Gasteiger partial charge in [0.1, 0.15) is 12.4 Å². The molecule has 0 bridgehead atoms. The zero-order valence-corrected chi connectivity index (χ0v) is 16.1. The van der Waals surface area contributed by atoms with E-state index >= 15 is 0 Å². The molecule has 1 heterocycles. The molecule has 0 aliphatic heterocycles. The Morgan fingerprint density at radius 2 is 1.75 bits per heavy atom. The molecular weight excluding hydrogens is 361 g/mol. The number of benzene rings is 2. The minimum absolute atomic E-state index is 0.0446. The molecule has 0 aliphatic rings. The second-order valence-electron chi connectivity index (χ2n) is 7.47. The van der Waals surface area contributed by atoms with E-state index in [2.05, 4.69) is 5.10 Å². The lowest BCUT2D eigenvalue weighted by Gasteiger charge is -2.35. The number of aromatic nitrogens is 2. The monoisotopic (exact) mass is 383 g/mol. The van der Waals surface area contributed by atoms with Crippen molar-refractivity contribution < 1.29 is 13.6 Å². The Morgan fingerprint density at radius 1 is 1.11 bits per heavy atom. The van der Waals surface area contributed by atoms with Crippen molar-refractivity contribution in [1.82, 2.24) is 14.7 Å². The van der Waals surface area contributed by atoms with Gasteiger partial charge < -0.3 is 9.32 Å². The molecule has 3 aromatic rings. The van der Waals surface area contributed by atoms with E-state index in [1.807, 2.05) is 51.1 Å². The number of rotatable bonds is 5. The molecule has 28 heavy (non-hydrogen) atoms. The van der Waals surface area contributed by atoms with Crippen LogP contribution in [0.25, 0.3) is 11.5 Å². The number of halogens is 1. The first-order chi connectivity index (χ1) is 13.2. The van der Waals surface area contributed by atoms with Crippen molar-refractivity contribution in [3.05, 3.63) is 76.5 Å². The number of carbonyl (C=O) groups is 1. The minimum atomic E-state index is -0.735. The maximum atomic E-state index is 13.1. The molecule has 0 atom stereocenters. The van der Waals surface area contributed by atoms with E-state index in [0.29, 0.717) is 12.1 Å². The molecule has 0 unspecified atom stereocenters. The Hall–Kier alpha value is -3.22. The number of hydrogen-bond donors (Lipinski definition) is 0. The van der Waals surface area contributed by atoms with Gasteiger partial charge in [0.25, 0.3) is 0 Å². The van der Waals surface area contributed by atoms with Crippen LogP contribution in [-0.4, -0.2) is 26.1 Å². The standard InChI is InChI=1S/C21H22FN3O3/c1-21(2,3)24(13-15-7-5-4-6-8-15)18(26)14-25-20(27)28-19(23-25)16-9-11-17(22)12-10-16/h4-12H,13-14H2,1-3H3. The highest BCUT2D eigenvalue weighted by Gasteiger charge is 2.27. The lowest BCUT2D eigenvalue weighted by atomic mass is 10.0. The lowest BCUT2D eigenvalue weighted by molar-refractivity contribution is -0.137. The first-order valence-electron chi connectivity index (χ1n) is 8.92. The maximum absolute atomic E-state index is 13.1. The Bertz CT molecular complexity index is 1000. The molecule has 2 aromatic carbocycles. The van der Waals surface area contributed by atoms with Gasteiger partial charge in [0.2, 0.25) is 11.8 Å². The summed E-state index contributed by atoms with van der Waals surface area (Å²) in [5.74, 6) is -1.34. The fourth-order valence-corrected chi connectivity index (χ4v) is 2.79. The van der Waals surface area contributed by atoms with Crippen molar-refractivity contribution in [3.63, 3.8) is 0 Å². The number of carbonyl (C=O) groups excluding carboxylic acids is 1. The zero-order valence-electron chi connectivity index (χ0n) is 16.1. The average Bonchev–Trinajstić information content (AvgIpc) is 3.00. The van der Waals surface area contributed by atoms with E-state index in [1.165, 1.54) is 24.3 Å². The summed E-state index contributed by atoms with van der Waals surface area (Å²) in [6.45, 7) is 5.98. The van der Waals surface area contributed by atoms with Crippen LogP contribution in [0.3, 0.4) is 0 Å². The van der Waals surface area contributed by atoms with Gasteiger partial charge >= 0.3 is 5.76 Å². The number of nitrogens with zero attached hydrogens (tertiary/aromatic N) is 3. The summed E-state index contributed by atoms with van der Waals surface area (Å²) in [6, 6.07) is 15.1. The van der Waals surface area contributed by atoms with Crippen molar-refractivity contribution in [3.8, 4) is 11.5 Å². The van der Waals surface area contributed by atoms with Crippen LogP contribution in [0.2, 0.25) is 0 Å². The van der Waals surface area contributed by atoms with E-state index in [0.717, 1.165) is 10.2 Å². The molecular formula is C21H22FN3O3. The van der Waals surface area contributed by atoms with Crippen molar-refractivity contribution >= 4 is 5.91 Å². The molecule has 146 valence electrons. The third-order valence-corrected chi connectivity index (χ3v) is 4.28. The molecule has 0 fully saturated rings. The Kier molecular flexibility index (Phi) is 5.44. The predicted octanol–water partition coefficient (Wildman–Crippen LogP) is 3.47.